The van der Waals surface area contributed by atoms with Crippen molar-refractivity contribution >= 4 is 29.0 Å². The zero-order chi connectivity index (χ0) is 15.6. The fourth-order valence-corrected chi connectivity index (χ4v) is 2.08. The lowest BCUT2D eigenvalue weighted by Gasteiger charge is -2.14. The summed E-state index contributed by atoms with van der Waals surface area (Å²) in [6.45, 7) is 0. The number of aromatic nitrogens is 1. The van der Waals surface area contributed by atoms with Crippen molar-refractivity contribution in [3.05, 3.63) is 45.9 Å². The van der Waals surface area contributed by atoms with Crippen LogP contribution in [0.25, 0.3) is 0 Å². The summed E-state index contributed by atoms with van der Waals surface area (Å²) in [4.78, 5) is 3.94. The smallest absolute Gasteiger partial charge is 0.419 e. The van der Waals surface area contributed by atoms with E-state index in [0.717, 1.165) is 6.07 Å². The van der Waals surface area contributed by atoms with Gasteiger partial charge in [0.25, 0.3) is 0 Å². The topological polar surface area (TPSA) is 34.2 Å². The number of pyridine rings is 1. The molecule has 21 heavy (non-hydrogen) atoms. The van der Waals surface area contributed by atoms with Crippen molar-refractivity contribution in [3.63, 3.8) is 0 Å². The van der Waals surface area contributed by atoms with Crippen LogP contribution in [0.1, 0.15) is 5.56 Å². The van der Waals surface area contributed by atoms with E-state index >= 15 is 0 Å². The molecule has 0 spiro atoms. The number of nitrogens with one attached hydrogen (secondary N) is 1. The standard InChI is InChI=1S/C13H9Cl2F3N2O/c1-19-11-8(14)6-9(15)12(20-11)21-10-5-3-2-4-7(10)13(16,17)18/h2-6H,1H3,(H,19,20). The summed E-state index contributed by atoms with van der Waals surface area (Å²) < 4.78 is 43.9. The molecule has 1 heterocycles. The maximum absolute atomic E-state index is 12.9. The first-order valence-corrected chi connectivity index (χ1v) is 6.46. The van der Waals surface area contributed by atoms with Crippen LogP contribution in [0.3, 0.4) is 0 Å². The van der Waals surface area contributed by atoms with Crippen molar-refractivity contribution in [3.8, 4) is 11.6 Å². The zero-order valence-corrected chi connectivity index (χ0v) is 12.1. The molecule has 0 atom stereocenters. The monoisotopic (exact) mass is 336 g/mol. The van der Waals surface area contributed by atoms with Gasteiger partial charge in [-0.15, -0.1) is 0 Å². The van der Waals surface area contributed by atoms with Crippen LogP contribution < -0.4 is 10.1 Å². The molecule has 0 aliphatic rings. The van der Waals surface area contributed by atoms with E-state index in [9.17, 15) is 13.2 Å². The van der Waals surface area contributed by atoms with Crippen molar-refractivity contribution in [1.29, 1.82) is 0 Å². The molecule has 0 amide bonds. The van der Waals surface area contributed by atoms with Crippen LogP contribution in [0.15, 0.2) is 30.3 Å². The molecule has 1 N–H and O–H groups in total. The van der Waals surface area contributed by atoms with Gasteiger partial charge >= 0.3 is 6.18 Å². The molecule has 0 radical (unpaired) electrons. The van der Waals surface area contributed by atoms with E-state index in [1.54, 1.807) is 7.05 Å². The predicted octanol–water partition coefficient (Wildman–Crippen LogP) is 5.24. The minimum atomic E-state index is -4.54. The summed E-state index contributed by atoms with van der Waals surface area (Å²) in [5, 5.41) is 2.93. The Morgan fingerprint density at radius 2 is 1.81 bits per heavy atom. The average Bonchev–Trinajstić information content (AvgIpc) is 2.41. The molecule has 0 bridgehead atoms. The second kappa shape index (κ2) is 5.99. The molecule has 0 aliphatic carbocycles. The normalized spacial score (nSPS) is 11.3. The first-order chi connectivity index (χ1) is 9.82. The third-order valence-electron chi connectivity index (χ3n) is 2.53. The number of hydrogen-bond donors (Lipinski definition) is 1. The van der Waals surface area contributed by atoms with Gasteiger partial charge in [-0.1, -0.05) is 35.3 Å². The number of rotatable bonds is 3. The molecule has 8 heteroatoms. The van der Waals surface area contributed by atoms with Gasteiger partial charge in [-0.2, -0.15) is 18.2 Å². The lowest BCUT2D eigenvalue weighted by Crippen LogP contribution is -2.07. The molecule has 0 saturated carbocycles. The fraction of sp³-hybridized carbons (Fsp3) is 0.154. The lowest BCUT2D eigenvalue weighted by molar-refractivity contribution is -0.138. The van der Waals surface area contributed by atoms with Gasteiger partial charge in [0.15, 0.2) is 0 Å². The molecular formula is C13H9Cl2F3N2O. The molecule has 1 aromatic heterocycles. The minimum absolute atomic E-state index is 0.0102. The molecular weight excluding hydrogens is 328 g/mol. The van der Waals surface area contributed by atoms with Gasteiger partial charge in [-0.3, -0.25) is 0 Å². The Kier molecular flexibility index (Phi) is 4.49. The van der Waals surface area contributed by atoms with Gasteiger partial charge in [0.2, 0.25) is 5.88 Å². The van der Waals surface area contributed by atoms with E-state index in [2.05, 4.69) is 10.3 Å². The van der Waals surface area contributed by atoms with Crippen molar-refractivity contribution in [2.45, 2.75) is 6.18 Å². The summed E-state index contributed by atoms with van der Waals surface area (Å²) in [6.07, 6.45) is -4.54. The number of anilines is 1. The molecule has 0 unspecified atom stereocenters. The highest BCUT2D eigenvalue weighted by Gasteiger charge is 2.34. The summed E-state index contributed by atoms with van der Waals surface area (Å²) >= 11 is 11.8. The number of ether oxygens (including phenoxy) is 1. The minimum Gasteiger partial charge on any atom is -0.437 e. The summed E-state index contributed by atoms with van der Waals surface area (Å²) in [5.74, 6) is -0.300. The van der Waals surface area contributed by atoms with Crippen LogP contribution in [-0.4, -0.2) is 12.0 Å². The maximum atomic E-state index is 12.9. The van der Waals surface area contributed by atoms with Crippen LogP contribution in [0.2, 0.25) is 10.0 Å². The SMILES string of the molecule is CNc1nc(Oc2ccccc2C(F)(F)F)c(Cl)cc1Cl. The fourth-order valence-electron chi connectivity index (χ4n) is 1.59. The molecule has 0 aliphatic heterocycles. The van der Waals surface area contributed by atoms with Gasteiger partial charge in [0.05, 0.1) is 10.6 Å². The molecule has 0 fully saturated rings. The molecule has 2 rings (SSSR count). The molecule has 1 aromatic carbocycles. The number of benzene rings is 1. The number of nitrogens with zero attached hydrogens (tertiary/aromatic N) is 1. The molecule has 112 valence electrons. The van der Waals surface area contributed by atoms with Crippen molar-refractivity contribution < 1.29 is 17.9 Å². The maximum Gasteiger partial charge on any atom is 0.419 e. The number of para-hydroxylation sites is 1. The van der Waals surface area contributed by atoms with E-state index < -0.39 is 11.7 Å². The van der Waals surface area contributed by atoms with Crippen molar-refractivity contribution in [1.82, 2.24) is 4.98 Å². The Labute approximate surface area is 128 Å². The van der Waals surface area contributed by atoms with Crippen molar-refractivity contribution in [2.24, 2.45) is 0 Å². The van der Waals surface area contributed by atoms with Gasteiger partial charge in [0.1, 0.15) is 16.6 Å². The molecule has 2 aromatic rings. The van der Waals surface area contributed by atoms with Crippen molar-refractivity contribution in [2.75, 3.05) is 12.4 Å². The number of hydrogen-bond acceptors (Lipinski definition) is 3. The van der Waals surface area contributed by atoms with E-state index in [-0.39, 0.29) is 27.5 Å². The van der Waals surface area contributed by atoms with Crippen LogP contribution >= 0.6 is 23.2 Å². The van der Waals surface area contributed by atoms with Crippen LogP contribution in [0, 0.1) is 0 Å². The predicted molar refractivity (Wildman–Crippen MR) is 75.3 cm³/mol. The Morgan fingerprint density at radius 1 is 1.14 bits per heavy atom. The Bertz CT molecular complexity index is 662. The largest absolute Gasteiger partial charge is 0.437 e. The highest BCUT2D eigenvalue weighted by atomic mass is 35.5. The summed E-state index contributed by atoms with van der Waals surface area (Å²) in [7, 11) is 1.57. The van der Waals surface area contributed by atoms with E-state index in [0.29, 0.717) is 0 Å². The van der Waals surface area contributed by atoms with Crippen LogP contribution in [-0.2, 0) is 6.18 Å². The lowest BCUT2D eigenvalue weighted by atomic mass is 10.2. The van der Waals surface area contributed by atoms with Gasteiger partial charge < -0.3 is 10.1 Å². The molecule has 3 nitrogen and oxygen atoms in total. The van der Waals surface area contributed by atoms with Crippen LogP contribution in [0.4, 0.5) is 19.0 Å². The highest BCUT2D eigenvalue weighted by molar-refractivity contribution is 6.36. The Hall–Kier alpha value is -1.66. The summed E-state index contributed by atoms with van der Waals surface area (Å²) in [6, 6.07) is 6.14. The quantitative estimate of drug-likeness (QED) is 0.832. The van der Waals surface area contributed by atoms with E-state index in [4.69, 9.17) is 27.9 Å². The van der Waals surface area contributed by atoms with Gasteiger partial charge in [-0.05, 0) is 18.2 Å². The Morgan fingerprint density at radius 3 is 2.43 bits per heavy atom. The number of alkyl halides is 3. The van der Waals surface area contributed by atoms with E-state index in [1.165, 1.54) is 24.3 Å². The average molecular weight is 337 g/mol. The van der Waals surface area contributed by atoms with Gasteiger partial charge in [-0.25, -0.2) is 0 Å². The third kappa shape index (κ3) is 3.51. The molecule has 0 saturated heterocycles. The first-order valence-electron chi connectivity index (χ1n) is 5.71. The van der Waals surface area contributed by atoms with E-state index in [1.807, 2.05) is 0 Å². The third-order valence-corrected chi connectivity index (χ3v) is 3.09. The zero-order valence-electron chi connectivity index (χ0n) is 10.6. The number of halogens is 5. The van der Waals surface area contributed by atoms with Gasteiger partial charge in [0, 0.05) is 7.05 Å². The van der Waals surface area contributed by atoms with Crippen LogP contribution in [0.5, 0.6) is 11.6 Å². The highest BCUT2D eigenvalue weighted by Crippen LogP contribution is 2.39. The second-order valence-corrected chi connectivity index (χ2v) is 4.77. The second-order valence-electron chi connectivity index (χ2n) is 3.95. The summed E-state index contributed by atoms with van der Waals surface area (Å²) in [5.41, 5.74) is -0.913. The Balaban J connectivity index is 2.44. The first kappa shape index (κ1) is 15.7.